The van der Waals surface area contributed by atoms with Crippen LogP contribution in [0.4, 0.5) is 10.1 Å². The number of nitrogens with zero attached hydrogens (tertiary/aromatic N) is 2. The van der Waals surface area contributed by atoms with Gasteiger partial charge in [0.15, 0.2) is 0 Å². The Morgan fingerprint density at radius 3 is 2.83 bits per heavy atom. The molecular weight excluding hydrogens is 301 g/mol. The number of amides is 2. The van der Waals surface area contributed by atoms with Gasteiger partial charge in [0.1, 0.15) is 17.5 Å². The zero-order valence-corrected chi connectivity index (χ0v) is 12.7. The molecule has 6 nitrogen and oxygen atoms in total. The van der Waals surface area contributed by atoms with Crippen molar-refractivity contribution >= 4 is 17.5 Å². The van der Waals surface area contributed by atoms with Crippen LogP contribution >= 0.6 is 0 Å². The zero-order chi connectivity index (χ0) is 16.6. The number of likely N-dealkylation sites (tertiary alicyclic amines) is 1. The molecule has 0 bridgehead atoms. The summed E-state index contributed by atoms with van der Waals surface area (Å²) in [6.07, 6.45) is 0. The second-order valence-electron chi connectivity index (χ2n) is 5.63. The highest BCUT2D eigenvalue weighted by atomic mass is 19.1. The van der Waals surface area contributed by atoms with E-state index in [0.717, 1.165) is 0 Å². The quantitative estimate of drug-likeness (QED) is 0.878. The van der Waals surface area contributed by atoms with Crippen LogP contribution < -0.4 is 5.32 Å². The summed E-state index contributed by atoms with van der Waals surface area (Å²) in [5, 5.41) is 6.41. The summed E-state index contributed by atoms with van der Waals surface area (Å²) in [6, 6.07) is 7.54. The predicted octanol–water partition coefficient (Wildman–Crippen LogP) is 1.93. The highest BCUT2D eigenvalue weighted by Gasteiger charge is 2.45. The Kier molecular flexibility index (Phi) is 3.85. The maximum absolute atomic E-state index is 13.7. The predicted molar refractivity (Wildman–Crippen MR) is 80.1 cm³/mol. The van der Waals surface area contributed by atoms with Gasteiger partial charge in [-0.2, -0.15) is 0 Å². The number of likely N-dealkylation sites (N-methyl/N-ethyl adjacent to an activating group) is 1. The average molecular weight is 317 g/mol. The molecule has 0 radical (unpaired) electrons. The first kappa shape index (κ1) is 15.2. The number of nitrogens with one attached hydrogen (secondary N) is 1. The molecule has 2 amide bonds. The smallest absolute Gasteiger partial charge is 0.237 e. The van der Waals surface area contributed by atoms with E-state index < -0.39 is 23.6 Å². The number of aryl methyl sites for hydroxylation is 1. The van der Waals surface area contributed by atoms with Gasteiger partial charge in [0.25, 0.3) is 0 Å². The van der Waals surface area contributed by atoms with Gasteiger partial charge in [-0.1, -0.05) is 17.3 Å². The number of anilines is 1. The van der Waals surface area contributed by atoms with E-state index in [2.05, 4.69) is 10.5 Å². The molecule has 120 valence electrons. The standard InChI is InChI=1S/C16H16FN3O3/c1-9-7-13(19-23-9)10-8-20(2)16(22)14(10)15(21)18-12-6-4-3-5-11(12)17/h3-7,10,14H,8H2,1-2H3,(H,18,21)/t10-,14+/m1/s1. The lowest BCUT2D eigenvalue weighted by Crippen LogP contribution is -2.33. The van der Waals surface area contributed by atoms with Gasteiger partial charge in [-0.05, 0) is 19.1 Å². The summed E-state index contributed by atoms with van der Waals surface area (Å²) in [5.74, 6) is -2.18. The number of benzene rings is 1. The van der Waals surface area contributed by atoms with Crippen molar-refractivity contribution < 1.29 is 18.5 Å². The number of aromatic nitrogens is 1. The average Bonchev–Trinajstić information content (AvgIpc) is 3.06. The van der Waals surface area contributed by atoms with E-state index >= 15 is 0 Å². The fraction of sp³-hybridized carbons (Fsp3) is 0.312. The molecule has 0 unspecified atom stereocenters. The maximum Gasteiger partial charge on any atom is 0.237 e. The SMILES string of the molecule is Cc1cc([C@H]2CN(C)C(=O)[C@@H]2C(=O)Nc2ccccc2F)no1. The Morgan fingerprint density at radius 2 is 2.17 bits per heavy atom. The van der Waals surface area contributed by atoms with Crippen LogP contribution in [0.1, 0.15) is 17.4 Å². The van der Waals surface area contributed by atoms with E-state index in [9.17, 15) is 14.0 Å². The van der Waals surface area contributed by atoms with Gasteiger partial charge < -0.3 is 14.7 Å². The third kappa shape index (κ3) is 2.81. The van der Waals surface area contributed by atoms with Crippen molar-refractivity contribution in [3.63, 3.8) is 0 Å². The van der Waals surface area contributed by atoms with E-state index in [1.54, 1.807) is 26.1 Å². The Bertz CT molecular complexity index is 759. The van der Waals surface area contributed by atoms with Crippen LogP contribution in [0, 0.1) is 18.7 Å². The van der Waals surface area contributed by atoms with Crippen molar-refractivity contribution in [1.82, 2.24) is 10.1 Å². The Morgan fingerprint density at radius 1 is 1.43 bits per heavy atom. The number of para-hydroxylation sites is 1. The second kappa shape index (κ2) is 5.83. The van der Waals surface area contributed by atoms with Crippen LogP contribution in [-0.4, -0.2) is 35.5 Å². The third-order valence-electron chi connectivity index (χ3n) is 3.96. The van der Waals surface area contributed by atoms with Crippen molar-refractivity contribution in [3.8, 4) is 0 Å². The number of hydrogen-bond donors (Lipinski definition) is 1. The van der Waals surface area contributed by atoms with E-state index in [1.807, 2.05) is 0 Å². The minimum absolute atomic E-state index is 0.0509. The molecule has 2 aromatic rings. The molecule has 3 rings (SSSR count). The summed E-state index contributed by atoms with van der Waals surface area (Å²) >= 11 is 0. The normalized spacial score (nSPS) is 20.8. The Balaban J connectivity index is 1.87. The van der Waals surface area contributed by atoms with E-state index in [4.69, 9.17) is 4.52 Å². The van der Waals surface area contributed by atoms with E-state index in [1.165, 1.54) is 23.1 Å². The van der Waals surface area contributed by atoms with E-state index in [-0.39, 0.29) is 11.6 Å². The summed E-state index contributed by atoms with van der Waals surface area (Å²) in [7, 11) is 1.62. The molecule has 1 aliphatic rings. The lowest BCUT2D eigenvalue weighted by Gasteiger charge is -2.14. The number of hydrogen-bond acceptors (Lipinski definition) is 4. The van der Waals surface area contributed by atoms with Gasteiger partial charge in [-0.15, -0.1) is 0 Å². The molecule has 1 aliphatic heterocycles. The van der Waals surface area contributed by atoms with Crippen molar-refractivity contribution in [1.29, 1.82) is 0 Å². The Labute approximate surface area is 132 Å². The van der Waals surface area contributed by atoms with Crippen LogP contribution in [0.5, 0.6) is 0 Å². The van der Waals surface area contributed by atoms with Gasteiger partial charge >= 0.3 is 0 Å². The zero-order valence-electron chi connectivity index (χ0n) is 12.7. The summed E-state index contributed by atoms with van der Waals surface area (Å²) in [5.41, 5.74) is 0.601. The largest absolute Gasteiger partial charge is 0.361 e. The van der Waals surface area contributed by atoms with Crippen molar-refractivity contribution in [3.05, 3.63) is 47.6 Å². The molecule has 0 spiro atoms. The van der Waals surface area contributed by atoms with Crippen LogP contribution in [-0.2, 0) is 9.59 Å². The first-order valence-corrected chi connectivity index (χ1v) is 7.21. The molecular formula is C16H16FN3O3. The monoisotopic (exact) mass is 317 g/mol. The van der Waals surface area contributed by atoms with Crippen LogP contribution in [0.3, 0.4) is 0 Å². The Hall–Kier alpha value is -2.70. The molecule has 2 atom stereocenters. The van der Waals surface area contributed by atoms with Gasteiger partial charge in [-0.3, -0.25) is 9.59 Å². The maximum atomic E-state index is 13.7. The first-order chi connectivity index (χ1) is 11.0. The van der Waals surface area contributed by atoms with Crippen LogP contribution in [0.15, 0.2) is 34.9 Å². The minimum Gasteiger partial charge on any atom is -0.361 e. The van der Waals surface area contributed by atoms with Crippen LogP contribution in [0.2, 0.25) is 0 Å². The number of halogens is 1. The summed E-state index contributed by atoms with van der Waals surface area (Å²) in [4.78, 5) is 26.3. The molecule has 7 heteroatoms. The van der Waals surface area contributed by atoms with Crippen LogP contribution in [0.25, 0.3) is 0 Å². The van der Waals surface area contributed by atoms with Gasteiger partial charge in [0.05, 0.1) is 11.4 Å². The lowest BCUT2D eigenvalue weighted by molar-refractivity contribution is -0.135. The highest BCUT2D eigenvalue weighted by Crippen LogP contribution is 2.33. The molecule has 1 fully saturated rings. The summed E-state index contributed by atoms with van der Waals surface area (Å²) < 4.78 is 18.7. The topological polar surface area (TPSA) is 75.4 Å². The second-order valence-corrected chi connectivity index (χ2v) is 5.63. The highest BCUT2D eigenvalue weighted by molar-refractivity contribution is 6.08. The van der Waals surface area contributed by atoms with Crippen molar-refractivity contribution in [2.45, 2.75) is 12.8 Å². The van der Waals surface area contributed by atoms with Gasteiger partial charge in [-0.25, -0.2) is 4.39 Å². The molecule has 0 saturated carbocycles. The first-order valence-electron chi connectivity index (χ1n) is 7.21. The third-order valence-corrected chi connectivity index (χ3v) is 3.96. The fourth-order valence-electron chi connectivity index (χ4n) is 2.79. The number of carbonyl (C=O) groups is 2. The number of carbonyl (C=O) groups excluding carboxylic acids is 2. The van der Waals surface area contributed by atoms with E-state index in [0.29, 0.717) is 18.0 Å². The number of rotatable bonds is 3. The molecule has 2 heterocycles. The molecule has 0 aliphatic carbocycles. The van der Waals surface area contributed by atoms with Gasteiger partial charge in [0, 0.05) is 25.6 Å². The molecule has 1 aromatic heterocycles. The minimum atomic E-state index is -0.955. The van der Waals surface area contributed by atoms with Gasteiger partial charge in [0.2, 0.25) is 11.8 Å². The molecule has 23 heavy (non-hydrogen) atoms. The van der Waals surface area contributed by atoms with Crippen molar-refractivity contribution in [2.24, 2.45) is 5.92 Å². The lowest BCUT2D eigenvalue weighted by atomic mass is 9.91. The molecule has 1 N–H and O–H groups in total. The van der Waals surface area contributed by atoms with Crippen molar-refractivity contribution in [2.75, 3.05) is 18.9 Å². The molecule has 1 aromatic carbocycles. The fourth-order valence-corrected chi connectivity index (χ4v) is 2.79. The molecule has 1 saturated heterocycles. The summed E-state index contributed by atoms with van der Waals surface area (Å²) in [6.45, 7) is 2.10.